The van der Waals surface area contributed by atoms with Crippen molar-refractivity contribution in [2.45, 2.75) is 13.3 Å². The predicted molar refractivity (Wildman–Crippen MR) is 58.3 cm³/mol. The van der Waals surface area contributed by atoms with E-state index < -0.39 is 0 Å². The lowest BCUT2D eigenvalue weighted by Crippen LogP contribution is -1.90. The van der Waals surface area contributed by atoms with E-state index in [1.807, 2.05) is 25.1 Å². The van der Waals surface area contributed by atoms with E-state index in [2.05, 4.69) is 9.97 Å². The van der Waals surface area contributed by atoms with Crippen LogP contribution in [0.4, 0.5) is 5.13 Å². The highest BCUT2D eigenvalue weighted by atomic mass is 32.1. The van der Waals surface area contributed by atoms with Crippen molar-refractivity contribution in [2.75, 3.05) is 5.73 Å². The molecule has 2 rings (SSSR count). The zero-order chi connectivity index (χ0) is 9.97. The van der Waals surface area contributed by atoms with Gasteiger partial charge in [0.15, 0.2) is 5.13 Å². The predicted octanol–water partition coefficient (Wildman–Crippen LogP) is 2.02. The smallest absolute Gasteiger partial charge is 0.180 e. The highest BCUT2D eigenvalue weighted by Crippen LogP contribution is 2.21. The first-order valence-corrected chi connectivity index (χ1v) is 5.19. The Kier molecular flexibility index (Phi) is 2.45. The number of anilines is 1. The average Bonchev–Trinajstić information content (AvgIpc) is 2.47. The van der Waals surface area contributed by atoms with Gasteiger partial charge < -0.3 is 5.73 Å². The number of nitrogens with two attached hydrogens (primary N) is 1. The Bertz CT molecular complexity index is 422. The molecule has 2 heterocycles. The van der Waals surface area contributed by atoms with E-state index in [0.29, 0.717) is 5.13 Å². The zero-order valence-electron chi connectivity index (χ0n) is 7.90. The Morgan fingerprint density at radius 2 is 2.29 bits per heavy atom. The van der Waals surface area contributed by atoms with Crippen molar-refractivity contribution in [1.29, 1.82) is 0 Å². The largest absolute Gasteiger partial charge is 0.375 e. The van der Waals surface area contributed by atoms with Crippen LogP contribution in [0.1, 0.15) is 16.3 Å². The summed E-state index contributed by atoms with van der Waals surface area (Å²) in [7, 11) is 0. The van der Waals surface area contributed by atoms with Gasteiger partial charge in [-0.2, -0.15) is 0 Å². The lowest BCUT2D eigenvalue weighted by molar-refractivity contribution is 1.07. The quantitative estimate of drug-likeness (QED) is 0.816. The van der Waals surface area contributed by atoms with Gasteiger partial charge in [-0.15, -0.1) is 11.3 Å². The SMILES string of the molecule is Cc1nc(N)sc1Cc1ccccn1. The summed E-state index contributed by atoms with van der Waals surface area (Å²) in [5.74, 6) is 0. The lowest BCUT2D eigenvalue weighted by Gasteiger charge is -1.97. The van der Waals surface area contributed by atoms with Gasteiger partial charge in [-0.3, -0.25) is 4.98 Å². The number of thiazole rings is 1. The van der Waals surface area contributed by atoms with Crippen LogP contribution < -0.4 is 5.73 Å². The van der Waals surface area contributed by atoms with E-state index >= 15 is 0 Å². The monoisotopic (exact) mass is 205 g/mol. The third-order valence-corrected chi connectivity index (χ3v) is 2.96. The molecular formula is C10H11N3S. The van der Waals surface area contributed by atoms with Gasteiger partial charge in [0, 0.05) is 23.2 Å². The highest BCUT2D eigenvalue weighted by Gasteiger charge is 2.06. The third kappa shape index (κ3) is 1.90. The maximum absolute atomic E-state index is 5.62. The molecule has 4 heteroatoms. The van der Waals surface area contributed by atoms with Crippen LogP contribution in [0, 0.1) is 6.92 Å². The third-order valence-electron chi connectivity index (χ3n) is 1.98. The topological polar surface area (TPSA) is 51.8 Å². The molecule has 0 amide bonds. The molecule has 0 aliphatic carbocycles. The van der Waals surface area contributed by atoms with Gasteiger partial charge in [0.2, 0.25) is 0 Å². The normalized spacial score (nSPS) is 10.4. The van der Waals surface area contributed by atoms with Crippen molar-refractivity contribution in [1.82, 2.24) is 9.97 Å². The first kappa shape index (κ1) is 9.15. The summed E-state index contributed by atoms with van der Waals surface area (Å²) in [5.41, 5.74) is 7.69. The van der Waals surface area contributed by atoms with E-state index in [4.69, 9.17) is 5.73 Å². The molecule has 0 aromatic carbocycles. The second kappa shape index (κ2) is 3.75. The molecule has 0 atom stereocenters. The molecule has 0 unspecified atom stereocenters. The molecule has 0 saturated heterocycles. The zero-order valence-corrected chi connectivity index (χ0v) is 8.71. The van der Waals surface area contributed by atoms with Crippen molar-refractivity contribution in [2.24, 2.45) is 0 Å². The molecule has 14 heavy (non-hydrogen) atoms. The van der Waals surface area contributed by atoms with Crippen LogP contribution in [0.5, 0.6) is 0 Å². The lowest BCUT2D eigenvalue weighted by atomic mass is 10.2. The second-order valence-corrected chi connectivity index (χ2v) is 4.17. The molecule has 0 spiro atoms. The second-order valence-electron chi connectivity index (χ2n) is 3.06. The standard InChI is InChI=1S/C10H11N3S/c1-7-9(14-10(11)13-7)6-8-4-2-3-5-12-8/h2-5H,6H2,1H3,(H2,11,13). The fraction of sp³-hybridized carbons (Fsp3) is 0.200. The van der Waals surface area contributed by atoms with Crippen LogP contribution in [0.25, 0.3) is 0 Å². The van der Waals surface area contributed by atoms with Crippen LogP contribution >= 0.6 is 11.3 Å². The summed E-state index contributed by atoms with van der Waals surface area (Å²) in [6.07, 6.45) is 2.62. The summed E-state index contributed by atoms with van der Waals surface area (Å²) in [6.45, 7) is 1.98. The molecule has 2 N–H and O–H groups in total. The number of hydrogen-bond acceptors (Lipinski definition) is 4. The number of pyridine rings is 1. The summed E-state index contributed by atoms with van der Waals surface area (Å²) in [6, 6.07) is 5.91. The Hall–Kier alpha value is -1.42. The number of aromatic nitrogens is 2. The van der Waals surface area contributed by atoms with Gasteiger partial charge in [0.05, 0.1) is 5.69 Å². The van der Waals surface area contributed by atoms with Crippen molar-refractivity contribution >= 4 is 16.5 Å². The molecule has 0 aliphatic rings. The maximum atomic E-state index is 5.62. The number of nitrogen functional groups attached to an aromatic ring is 1. The van der Waals surface area contributed by atoms with Gasteiger partial charge >= 0.3 is 0 Å². The van der Waals surface area contributed by atoms with Gasteiger partial charge in [0.1, 0.15) is 0 Å². The highest BCUT2D eigenvalue weighted by molar-refractivity contribution is 7.15. The average molecular weight is 205 g/mol. The van der Waals surface area contributed by atoms with E-state index in [0.717, 1.165) is 17.8 Å². The summed E-state index contributed by atoms with van der Waals surface area (Å²) in [4.78, 5) is 9.63. The van der Waals surface area contributed by atoms with E-state index in [9.17, 15) is 0 Å². The number of hydrogen-bond donors (Lipinski definition) is 1. The molecule has 2 aromatic heterocycles. The van der Waals surface area contributed by atoms with Crippen LogP contribution in [-0.4, -0.2) is 9.97 Å². The fourth-order valence-electron chi connectivity index (χ4n) is 1.28. The minimum Gasteiger partial charge on any atom is -0.375 e. The molecular weight excluding hydrogens is 194 g/mol. The summed E-state index contributed by atoms with van der Waals surface area (Å²) >= 11 is 1.54. The molecule has 0 aliphatic heterocycles. The fourth-order valence-corrected chi connectivity index (χ4v) is 2.13. The van der Waals surface area contributed by atoms with Crippen LogP contribution in [-0.2, 0) is 6.42 Å². The van der Waals surface area contributed by atoms with Crippen molar-refractivity contribution in [3.63, 3.8) is 0 Å². The van der Waals surface area contributed by atoms with E-state index in [-0.39, 0.29) is 0 Å². The van der Waals surface area contributed by atoms with Gasteiger partial charge in [-0.25, -0.2) is 4.98 Å². The van der Waals surface area contributed by atoms with Crippen LogP contribution in [0.3, 0.4) is 0 Å². The molecule has 3 nitrogen and oxygen atoms in total. The Morgan fingerprint density at radius 3 is 2.86 bits per heavy atom. The van der Waals surface area contributed by atoms with Gasteiger partial charge in [-0.05, 0) is 19.1 Å². The van der Waals surface area contributed by atoms with Crippen molar-refractivity contribution in [3.8, 4) is 0 Å². The molecule has 0 bridgehead atoms. The molecule has 72 valence electrons. The Labute approximate surface area is 86.6 Å². The number of nitrogens with zero attached hydrogens (tertiary/aromatic N) is 2. The van der Waals surface area contributed by atoms with Crippen molar-refractivity contribution in [3.05, 3.63) is 40.7 Å². The summed E-state index contributed by atoms with van der Waals surface area (Å²) in [5, 5.41) is 0.633. The molecule has 0 radical (unpaired) electrons. The Balaban J connectivity index is 2.23. The van der Waals surface area contributed by atoms with Gasteiger partial charge in [0.25, 0.3) is 0 Å². The molecule has 0 saturated carbocycles. The first-order chi connectivity index (χ1) is 6.75. The van der Waals surface area contributed by atoms with Crippen molar-refractivity contribution < 1.29 is 0 Å². The molecule has 2 aromatic rings. The minimum absolute atomic E-state index is 0.633. The summed E-state index contributed by atoms with van der Waals surface area (Å²) < 4.78 is 0. The van der Waals surface area contributed by atoms with Gasteiger partial charge in [-0.1, -0.05) is 6.07 Å². The maximum Gasteiger partial charge on any atom is 0.180 e. The van der Waals surface area contributed by atoms with Crippen LogP contribution in [0.15, 0.2) is 24.4 Å². The molecule has 0 fully saturated rings. The number of aryl methyl sites for hydroxylation is 1. The number of rotatable bonds is 2. The first-order valence-electron chi connectivity index (χ1n) is 4.37. The Morgan fingerprint density at radius 1 is 1.43 bits per heavy atom. The van der Waals surface area contributed by atoms with E-state index in [1.165, 1.54) is 16.2 Å². The minimum atomic E-state index is 0.633. The van der Waals surface area contributed by atoms with Crippen LogP contribution in [0.2, 0.25) is 0 Å². The van der Waals surface area contributed by atoms with E-state index in [1.54, 1.807) is 6.20 Å².